The van der Waals surface area contributed by atoms with Crippen LogP contribution in [0.4, 0.5) is 0 Å². The fourth-order valence-electron chi connectivity index (χ4n) is 3.59. The van der Waals surface area contributed by atoms with Crippen LogP contribution >= 0.6 is 0 Å². The summed E-state index contributed by atoms with van der Waals surface area (Å²) in [6, 6.07) is 0. The minimum Gasteiger partial charge on any atom is -0.0835 e. The van der Waals surface area contributed by atoms with E-state index in [1.165, 1.54) is 33.1 Å². The third-order valence-electron chi connectivity index (χ3n) is 4.12. The number of hydrogen-bond acceptors (Lipinski definition) is 0. The number of rotatable bonds is 0. The van der Waals surface area contributed by atoms with Gasteiger partial charge in [0.15, 0.2) is 0 Å². The zero-order valence-electron chi connectivity index (χ0n) is 14.0. The summed E-state index contributed by atoms with van der Waals surface area (Å²) in [6.45, 7) is 16.2. The SMILES string of the molecule is Bc1c(C)c(B)c(C(C)(C)C)c(B)c1C(C)(C)C. The zero-order valence-corrected chi connectivity index (χ0v) is 14.0. The lowest BCUT2D eigenvalue weighted by atomic mass is 9.60. The summed E-state index contributed by atoms with van der Waals surface area (Å²) in [7, 11) is 6.87. The fourth-order valence-corrected chi connectivity index (χ4v) is 3.59. The van der Waals surface area contributed by atoms with Gasteiger partial charge in [0.25, 0.3) is 0 Å². The first kappa shape index (κ1) is 15.5. The molecule has 18 heavy (non-hydrogen) atoms. The van der Waals surface area contributed by atoms with Crippen LogP contribution in [-0.2, 0) is 10.8 Å². The minimum absolute atomic E-state index is 0.215. The highest BCUT2D eigenvalue weighted by Gasteiger charge is 2.27. The van der Waals surface area contributed by atoms with E-state index in [1.807, 2.05) is 0 Å². The van der Waals surface area contributed by atoms with Crippen molar-refractivity contribution in [2.45, 2.75) is 59.3 Å². The first-order valence-corrected chi connectivity index (χ1v) is 7.00. The summed E-state index contributed by atoms with van der Waals surface area (Å²) < 4.78 is 0. The quantitative estimate of drug-likeness (QED) is 0.529. The molecule has 0 unspecified atom stereocenters. The predicted octanol–water partition coefficient (Wildman–Crippen LogP) is -0.635. The maximum Gasteiger partial charge on any atom is 0.140 e. The van der Waals surface area contributed by atoms with Crippen molar-refractivity contribution in [2.24, 2.45) is 0 Å². The van der Waals surface area contributed by atoms with E-state index in [4.69, 9.17) is 0 Å². The van der Waals surface area contributed by atoms with Gasteiger partial charge in [0.1, 0.15) is 23.5 Å². The van der Waals surface area contributed by atoms with Crippen molar-refractivity contribution in [3.05, 3.63) is 16.7 Å². The minimum atomic E-state index is 0.215. The van der Waals surface area contributed by atoms with Gasteiger partial charge in [0.05, 0.1) is 0 Å². The molecule has 0 aromatic heterocycles. The molecule has 0 aliphatic rings. The van der Waals surface area contributed by atoms with E-state index in [0.717, 1.165) is 0 Å². The molecule has 0 heterocycles. The van der Waals surface area contributed by atoms with Crippen LogP contribution in [0.25, 0.3) is 0 Å². The van der Waals surface area contributed by atoms with E-state index in [2.05, 4.69) is 72.0 Å². The average Bonchev–Trinajstić information content (AvgIpc) is 2.09. The standard InChI is InChI=1S/C15H27B3/c1-8-11(16)9(14(2,3)4)13(18)10(12(8)17)15(5,6)7/h16-18H2,1-7H3. The molecule has 0 spiro atoms. The van der Waals surface area contributed by atoms with Gasteiger partial charge < -0.3 is 0 Å². The van der Waals surface area contributed by atoms with Gasteiger partial charge in [-0.3, -0.25) is 0 Å². The Morgan fingerprint density at radius 2 is 0.889 bits per heavy atom. The second-order valence-electron chi connectivity index (χ2n) is 7.75. The third-order valence-corrected chi connectivity index (χ3v) is 4.12. The molecule has 0 amide bonds. The van der Waals surface area contributed by atoms with Crippen LogP contribution in [0.5, 0.6) is 0 Å². The third kappa shape index (κ3) is 2.55. The van der Waals surface area contributed by atoms with Crippen molar-refractivity contribution in [3.63, 3.8) is 0 Å². The molecule has 0 fully saturated rings. The lowest BCUT2D eigenvalue weighted by molar-refractivity contribution is 0.580. The van der Waals surface area contributed by atoms with Crippen LogP contribution in [-0.4, -0.2) is 23.5 Å². The highest BCUT2D eigenvalue weighted by atomic mass is 14.3. The number of hydrogen-bond donors (Lipinski definition) is 0. The van der Waals surface area contributed by atoms with Gasteiger partial charge in [-0.15, -0.1) is 0 Å². The van der Waals surface area contributed by atoms with Crippen LogP contribution in [0, 0.1) is 6.92 Å². The van der Waals surface area contributed by atoms with Gasteiger partial charge in [-0.1, -0.05) is 74.6 Å². The molecule has 3 heteroatoms. The van der Waals surface area contributed by atoms with Crippen LogP contribution in [0.3, 0.4) is 0 Å². The maximum absolute atomic E-state index is 2.32. The molecule has 0 nitrogen and oxygen atoms in total. The summed E-state index contributed by atoms with van der Waals surface area (Å²) in [6.07, 6.45) is 0. The van der Waals surface area contributed by atoms with Crippen LogP contribution in [0.1, 0.15) is 58.2 Å². The summed E-state index contributed by atoms with van der Waals surface area (Å²) >= 11 is 0. The molecular formula is C15H27B3. The van der Waals surface area contributed by atoms with Gasteiger partial charge in [-0.05, 0) is 17.8 Å². The van der Waals surface area contributed by atoms with Gasteiger partial charge in [0, 0.05) is 0 Å². The highest BCUT2D eigenvalue weighted by molar-refractivity contribution is 6.47. The summed E-state index contributed by atoms with van der Waals surface area (Å²) in [5.74, 6) is 0. The Bertz CT molecular complexity index is 433. The molecule has 0 aliphatic heterocycles. The average molecular weight is 240 g/mol. The van der Waals surface area contributed by atoms with Gasteiger partial charge in [-0.25, -0.2) is 0 Å². The predicted molar refractivity (Wildman–Crippen MR) is 93.1 cm³/mol. The molecule has 0 saturated heterocycles. The van der Waals surface area contributed by atoms with E-state index in [1.54, 1.807) is 0 Å². The van der Waals surface area contributed by atoms with Gasteiger partial charge in [0.2, 0.25) is 0 Å². The van der Waals surface area contributed by atoms with Crippen molar-refractivity contribution >= 4 is 39.9 Å². The lowest BCUT2D eigenvalue weighted by Crippen LogP contribution is -2.45. The van der Waals surface area contributed by atoms with Gasteiger partial charge in [-0.2, -0.15) is 0 Å². The largest absolute Gasteiger partial charge is 0.140 e. The Labute approximate surface area is 116 Å². The normalized spacial score (nSPS) is 12.8. The van der Waals surface area contributed by atoms with Crippen molar-refractivity contribution < 1.29 is 0 Å². The summed E-state index contributed by atoms with van der Waals surface area (Å²) in [4.78, 5) is 0. The molecule has 0 atom stereocenters. The Hall–Kier alpha value is -0.585. The van der Waals surface area contributed by atoms with Gasteiger partial charge >= 0.3 is 0 Å². The fraction of sp³-hybridized carbons (Fsp3) is 0.600. The topological polar surface area (TPSA) is 0 Å². The highest BCUT2D eigenvalue weighted by Crippen LogP contribution is 2.24. The van der Waals surface area contributed by atoms with Crippen molar-refractivity contribution in [3.8, 4) is 0 Å². The molecule has 0 aliphatic carbocycles. The van der Waals surface area contributed by atoms with E-state index < -0.39 is 0 Å². The Morgan fingerprint density at radius 3 is 1.11 bits per heavy atom. The van der Waals surface area contributed by atoms with Crippen molar-refractivity contribution in [1.29, 1.82) is 0 Å². The monoisotopic (exact) mass is 240 g/mol. The molecule has 1 rings (SSSR count). The van der Waals surface area contributed by atoms with Crippen LogP contribution < -0.4 is 16.4 Å². The summed E-state index contributed by atoms with van der Waals surface area (Å²) in [5, 5.41) is 0. The molecule has 0 bridgehead atoms. The van der Waals surface area contributed by atoms with E-state index >= 15 is 0 Å². The Kier molecular flexibility index (Phi) is 3.87. The molecule has 96 valence electrons. The Morgan fingerprint density at radius 1 is 0.611 bits per heavy atom. The zero-order chi connectivity index (χ0) is 14.5. The van der Waals surface area contributed by atoms with E-state index in [-0.39, 0.29) is 10.8 Å². The summed E-state index contributed by atoms with van der Waals surface area (Å²) in [5.41, 5.74) is 9.42. The smallest absolute Gasteiger partial charge is 0.0835 e. The van der Waals surface area contributed by atoms with Crippen LogP contribution in [0.15, 0.2) is 0 Å². The second-order valence-corrected chi connectivity index (χ2v) is 7.75. The molecule has 0 N–H and O–H groups in total. The van der Waals surface area contributed by atoms with Crippen LogP contribution in [0.2, 0.25) is 0 Å². The van der Waals surface area contributed by atoms with E-state index in [0.29, 0.717) is 0 Å². The first-order chi connectivity index (χ1) is 7.89. The molecule has 0 radical (unpaired) electrons. The molecule has 1 aromatic carbocycles. The number of benzene rings is 1. The lowest BCUT2D eigenvalue weighted by Gasteiger charge is -2.34. The Balaban J connectivity index is 3.83. The molecule has 0 saturated carbocycles. The maximum atomic E-state index is 2.32. The second kappa shape index (κ2) is 4.51. The first-order valence-electron chi connectivity index (χ1n) is 7.00. The molecule has 1 aromatic rings. The van der Waals surface area contributed by atoms with Crippen molar-refractivity contribution in [1.82, 2.24) is 0 Å². The van der Waals surface area contributed by atoms with Crippen molar-refractivity contribution in [2.75, 3.05) is 0 Å². The van der Waals surface area contributed by atoms with E-state index in [9.17, 15) is 0 Å². The molecular weight excluding hydrogens is 213 g/mol.